The van der Waals surface area contributed by atoms with Crippen LogP contribution in [0.25, 0.3) is 11.1 Å². The Kier molecular flexibility index (Phi) is 22.1. The van der Waals surface area contributed by atoms with Crippen molar-refractivity contribution < 1.29 is 81.6 Å². The highest BCUT2D eigenvalue weighted by Crippen LogP contribution is 2.41. The van der Waals surface area contributed by atoms with E-state index in [1.54, 1.807) is 61.9 Å². The molecule has 1 aliphatic heterocycles. The van der Waals surface area contributed by atoms with Crippen molar-refractivity contribution in [3.05, 3.63) is 95.8 Å². The van der Waals surface area contributed by atoms with E-state index in [1.807, 2.05) is 0 Å². The molecule has 4 rings (SSSR count). The van der Waals surface area contributed by atoms with E-state index in [9.17, 15) is 77.2 Å². The Balaban J connectivity index is 1.73. The maximum Gasteiger partial charge on any atom is 0.306 e. The van der Waals surface area contributed by atoms with Gasteiger partial charge >= 0.3 is 11.9 Å². The van der Waals surface area contributed by atoms with Gasteiger partial charge in [0.1, 0.15) is 42.9 Å². The summed E-state index contributed by atoms with van der Waals surface area (Å²) >= 11 is 0. The quantitative estimate of drug-likeness (QED) is 0.0317. The minimum atomic E-state index is -2.22. The van der Waals surface area contributed by atoms with Crippen LogP contribution >= 0.6 is 0 Å². The van der Waals surface area contributed by atoms with Crippen LogP contribution in [-0.4, -0.2) is 163 Å². The average Bonchev–Trinajstić information content (AvgIpc) is 3.99. The van der Waals surface area contributed by atoms with Gasteiger partial charge in [-0.1, -0.05) is 51.1 Å². The van der Waals surface area contributed by atoms with Crippen LogP contribution in [0, 0.1) is 17.0 Å². The third kappa shape index (κ3) is 17.4. The number of carbonyl (C=O) groups is 12. The lowest BCUT2D eigenvalue weighted by atomic mass is 9.82. The fourth-order valence-electron chi connectivity index (χ4n) is 8.51. The molecule has 0 radical (unpaired) electrons. The fraction of sp³-hybridized carbons (Fsp3) is 0.412. The number of imide groups is 2. The molecule has 3 aromatic rings. The normalized spacial score (nSPS) is 14.1. The Morgan fingerprint density at radius 1 is 0.782 bits per heavy atom. The number of aliphatic carboxylic acids is 2. The van der Waals surface area contributed by atoms with Gasteiger partial charge in [-0.15, -0.1) is 0 Å². The summed E-state index contributed by atoms with van der Waals surface area (Å²) in [5.41, 5.74) is 11.2. The summed E-state index contributed by atoms with van der Waals surface area (Å²) in [6, 6.07) is 4.83. The molecule has 0 spiro atoms. The lowest BCUT2D eigenvalue weighted by Crippen LogP contribution is -2.60. The zero-order valence-electron chi connectivity index (χ0n) is 43.0. The Morgan fingerprint density at radius 3 is 1.92 bits per heavy atom. The molecule has 0 saturated carbocycles. The lowest BCUT2D eigenvalue weighted by molar-refractivity contribution is -0.155. The number of aromatic nitrogens is 1. The first-order valence-electron chi connectivity index (χ1n) is 24.2. The first-order chi connectivity index (χ1) is 36.6. The standard InChI is InChI=1S/C51H62F2N10O15/c1-28(65)63(50(78)34(54)22-39(55)66)38(23-45(73)74)49(77)59-36(48(76)57-18-17-56-47(75)35(12-15-44(71)72)58-40(67)26-62-41(68)13-14-42(62)69)16-19-61(43(70)27-64)46(51(2,3)4)37-20-30(32-21-31(52)10-11-33(32)53)25-60(37)24-29-8-6-5-7-9-29/h5-11,13-14,20-21,25,34-36,38,46,64H,12,15-19,22-24,26-27,54H2,1-4H3,(H2,55,66)(H,56,75)(H,57,76)(H,58,67)(H,59,77)(H,71,72)(H,73,74)/t34-,35-,36+,38+,46+/m1/s1. The van der Waals surface area contributed by atoms with E-state index in [0.29, 0.717) is 10.6 Å². The minimum absolute atomic E-state index is 0.123. The van der Waals surface area contributed by atoms with Crippen LogP contribution in [0.2, 0.25) is 0 Å². The molecule has 78 heavy (non-hydrogen) atoms. The number of amides is 10. The Labute approximate surface area is 445 Å². The van der Waals surface area contributed by atoms with Crippen molar-refractivity contribution in [2.75, 3.05) is 32.8 Å². The van der Waals surface area contributed by atoms with Crippen molar-refractivity contribution >= 4 is 71.0 Å². The minimum Gasteiger partial charge on any atom is -0.481 e. The van der Waals surface area contributed by atoms with Gasteiger partial charge in [-0.3, -0.25) is 67.3 Å². The number of carboxylic acid groups (broad SMARTS) is 2. The largest absolute Gasteiger partial charge is 0.481 e. The molecule has 0 aliphatic carbocycles. The second kappa shape index (κ2) is 27.9. The average molecular weight is 1090 g/mol. The first kappa shape index (κ1) is 61.8. The van der Waals surface area contributed by atoms with E-state index in [4.69, 9.17) is 11.5 Å². The van der Waals surface area contributed by atoms with Gasteiger partial charge in [0.15, 0.2) is 0 Å². The predicted molar refractivity (Wildman–Crippen MR) is 269 cm³/mol. The van der Waals surface area contributed by atoms with Crippen LogP contribution in [-0.2, 0) is 64.1 Å². The number of nitrogens with one attached hydrogen (secondary N) is 4. The van der Waals surface area contributed by atoms with Crippen LogP contribution in [0.15, 0.2) is 72.9 Å². The number of hydrogen-bond acceptors (Lipinski definition) is 14. The Morgan fingerprint density at radius 2 is 1.38 bits per heavy atom. The van der Waals surface area contributed by atoms with Crippen LogP contribution in [0.3, 0.4) is 0 Å². The molecule has 2 aromatic carbocycles. The topological polar surface area (TPSA) is 380 Å². The number of hydrogen-bond donors (Lipinski definition) is 9. The summed E-state index contributed by atoms with van der Waals surface area (Å²) in [6.45, 7) is 2.77. The van der Waals surface area contributed by atoms with Crippen LogP contribution < -0.4 is 32.7 Å². The van der Waals surface area contributed by atoms with Gasteiger partial charge in [0.25, 0.3) is 11.8 Å². The smallest absolute Gasteiger partial charge is 0.306 e. The summed E-state index contributed by atoms with van der Waals surface area (Å²) < 4.78 is 31.7. The highest BCUT2D eigenvalue weighted by molar-refractivity contribution is 6.14. The predicted octanol–water partition coefficient (Wildman–Crippen LogP) is -0.807. The van der Waals surface area contributed by atoms with Crippen LogP contribution in [0.5, 0.6) is 0 Å². The monoisotopic (exact) mass is 1090 g/mol. The van der Waals surface area contributed by atoms with Crippen LogP contribution in [0.1, 0.15) is 77.1 Å². The number of nitrogens with zero attached hydrogens (tertiary/aromatic N) is 4. The molecule has 2 heterocycles. The fourth-order valence-corrected chi connectivity index (χ4v) is 8.51. The number of nitrogens with two attached hydrogens (primary N) is 2. The summed E-state index contributed by atoms with van der Waals surface area (Å²) in [5.74, 6) is -15.2. The van der Waals surface area contributed by atoms with Gasteiger partial charge in [0.05, 0.1) is 24.9 Å². The zero-order chi connectivity index (χ0) is 58.2. The third-order valence-electron chi connectivity index (χ3n) is 12.0. The molecule has 1 aromatic heterocycles. The Hall–Kier alpha value is -8.72. The molecule has 11 N–H and O–H groups in total. The molecule has 420 valence electrons. The number of primary amides is 1. The number of carbonyl (C=O) groups excluding carboxylic acids is 10. The van der Waals surface area contributed by atoms with E-state index >= 15 is 4.39 Å². The van der Waals surface area contributed by atoms with Gasteiger partial charge in [-0.05, 0) is 48.1 Å². The van der Waals surface area contributed by atoms with E-state index < -0.39 is 183 Å². The number of aliphatic hydroxyl groups excluding tert-OH is 1. The highest BCUT2D eigenvalue weighted by Gasteiger charge is 2.41. The maximum absolute atomic E-state index is 15.4. The zero-order valence-corrected chi connectivity index (χ0v) is 43.0. The van der Waals surface area contributed by atoms with Gasteiger partial charge in [-0.25, -0.2) is 8.78 Å². The molecule has 0 fully saturated rings. The molecule has 27 heteroatoms. The maximum atomic E-state index is 15.4. The van der Waals surface area contributed by atoms with Gasteiger partial charge in [0.2, 0.25) is 47.3 Å². The van der Waals surface area contributed by atoms with Crippen molar-refractivity contribution in [1.82, 2.24) is 40.5 Å². The molecular formula is C51H62F2N10O15. The first-order valence-corrected chi connectivity index (χ1v) is 24.2. The third-order valence-corrected chi connectivity index (χ3v) is 12.0. The molecule has 0 saturated heterocycles. The highest BCUT2D eigenvalue weighted by atomic mass is 19.1. The number of carboxylic acids is 2. The summed E-state index contributed by atoms with van der Waals surface area (Å²) in [7, 11) is 0. The number of rotatable bonds is 28. The number of benzene rings is 2. The SMILES string of the molecule is CC(=O)N(C(=O)[C@H](N)CC(N)=O)[C@@H](CC(=O)O)C(=O)N[C@@H](CCN(C(=O)CO)[C@@H](c1cc(-c2cc(F)ccc2F)cn1Cc1ccccc1)C(C)(C)C)C(=O)NCCNC(=O)[C@@H](CCC(=O)O)NC(=O)CN1C(=O)C=CC1=O. The van der Waals surface area contributed by atoms with Crippen molar-refractivity contribution in [2.24, 2.45) is 16.9 Å². The Bertz CT molecular complexity index is 2800. The summed E-state index contributed by atoms with van der Waals surface area (Å²) in [4.78, 5) is 156. The molecule has 25 nitrogen and oxygen atoms in total. The second-order valence-electron chi connectivity index (χ2n) is 19.1. The van der Waals surface area contributed by atoms with Gasteiger partial charge in [-0.2, -0.15) is 0 Å². The van der Waals surface area contributed by atoms with Crippen molar-refractivity contribution in [1.29, 1.82) is 0 Å². The van der Waals surface area contributed by atoms with Crippen molar-refractivity contribution in [2.45, 2.75) is 96.6 Å². The van der Waals surface area contributed by atoms with Gasteiger partial charge in [0, 0.05) is 74.7 Å². The van der Waals surface area contributed by atoms with E-state index in [2.05, 4.69) is 21.3 Å². The molecule has 10 amide bonds. The summed E-state index contributed by atoms with van der Waals surface area (Å²) in [5, 5.41) is 39.1. The number of halogens is 2. The molecular weight excluding hydrogens is 1030 g/mol. The summed E-state index contributed by atoms with van der Waals surface area (Å²) in [6.07, 6.45) is -0.348. The molecule has 0 unspecified atom stereocenters. The van der Waals surface area contributed by atoms with Gasteiger partial charge < -0.3 is 57.5 Å². The van der Waals surface area contributed by atoms with Crippen LogP contribution in [0.4, 0.5) is 8.78 Å². The molecule has 5 atom stereocenters. The van der Waals surface area contributed by atoms with E-state index in [-0.39, 0.29) is 22.6 Å². The molecule has 1 aliphatic rings. The van der Waals surface area contributed by atoms with Crippen molar-refractivity contribution in [3.63, 3.8) is 0 Å². The van der Waals surface area contributed by atoms with E-state index in [0.717, 1.165) is 42.8 Å². The van der Waals surface area contributed by atoms with Crippen molar-refractivity contribution in [3.8, 4) is 11.1 Å². The number of aliphatic hydroxyl groups is 1. The van der Waals surface area contributed by atoms with E-state index in [1.165, 1.54) is 11.0 Å². The lowest BCUT2D eigenvalue weighted by Gasteiger charge is -2.41. The molecule has 0 bridgehead atoms. The second-order valence-corrected chi connectivity index (χ2v) is 19.1.